The number of allylic oxidation sites excluding steroid dienone is 1. The van der Waals surface area contributed by atoms with Crippen molar-refractivity contribution < 1.29 is 9.53 Å². The van der Waals surface area contributed by atoms with E-state index in [4.69, 9.17) is 4.74 Å². The van der Waals surface area contributed by atoms with Gasteiger partial charge in [0, 0.05) is 15.5 Å². The second-order valence-electron chi connectivity index (χ2n) is 3.71. The first-order valence-electron chi connectivity index (χ1n) is 5.57. The van der Waals surface area contributed by atoms with Crippen LogP contribution in [0.1, 0.15) is 23.2 Å². The average molecular weight is 246 g/mol. The Morgan fingerprint density at radius 1 is 1.41 bits per heavy atom. The SMILES string of the molecule is C=CCCCOC(=O)c1csc2ccccc12. The van der Waals surface area contributed by atoms with Crippen LogP contribution in [0.15, 0.2) is 42.3 Å². The summed E-state index contributed by atoms with van der Waals surface area (Å²) >= 11 is 1.57. The fourth-order valence-electron chi connectivity index (χ4n) is 1.61. The molecule has 3 heteroatoms. The van der Waals surface area contributed by atoms with Gasteiger partial charge in [-0.05, 0) is 18.9 Å². The Labute approximate surface area is 105 Å². The molecule has 0 atom stereocenters. The van der Waals surface area contributed by atoms with Crippen LogP contribution >= 0.6 is 11.3 Å². The summed E-state index contributed by atoms with van der Waals surface area (Å²) in [5, 5.41) is 2.84. The van der Waals surface area contributed by atoms with Crippen molar-refractivity contribution in [3.63, 3.8) is 0 Å². The fraction of sp³-hybridized carbons (Fsp3) is 0.214. The summed E-state index contributed by atoms with van der Waals surface area (Å²) in [5.74, 6) is -0.230. The zero-order valence-electron chi connectivity index (χ0n) is 9.52. The summed E-state index contributed by atoms with van der Waals surface area (Å²) < 4.78 is 6.33. The Morgan fingerprint density at radius 2 is 2.24 bits per heavy atom. The molecule has 0 fully saturated rings. The Hall–Kier alpha value is -1.61. The lowest BCUT2D eigenvalue weighted by atomic mass is 10.2. The highest BCUT2D eigenvalue weighted by Gasteiger charge is 2.12. The highest BCUT2D eigenvalue weighted by atomic mass is 32.1. The van der Waals surface area contributed by atoms with Crippen LogP contribution in [0.2, 0.25) is 0 Å². The van der Waals surface area contributed by atoms with Gasteiger partial charge in [0.2, 0.25) is 0 Å². The first-order valence-corrected chi connectivity index (χ1v) is 6.45. The third-order valence-corrected chi connectivity index (χ3v) is 3.45. The lowest BCUT2D eigenvalue weighted by Gasteiger charge is -2.02. The van der Waals surface area contributed by atoms with Gasteiger partial charge in [0.05, 0.1) is 12.2 Å². The fourth-order valence-corrected chi connectivity index (χ4v) is 2.54. The highest BCUT2D eigenvalue weighted by Crippen LogP contribution is 2.26. The maximum absolute atomic E-state index is 11.8. The molecule has 0 aliphatic carbocycles. The van der Waals surface area contributed by atoms with E-state index in [1.807, 2.05) is 35.7 Å². The summed E-state index contributed by atoms with van der Waals surface area (Å²) in [7, 11) is 0. The van der Waals surface area contributed by atoms with Crippen molar-refractivity contribution >= 4 is 27.4 Å². The van der Waals surface area contributed by atoms with Gasteiger partial charge >= 0.3 is 5.97 Å². The Kier molecular flexibility index (Phi) is 3.94. The topological polar surface area (TPSA) is 26.3 Å². The minimum absolute atomic E-state index is 0.230. The van der Waals surface area contributed by atoms with Crippen LogP contribution in [0.3, 0.4) is 0 Å². The smallest absolute Gasteiger partial charge is 0.339 e. The van der Waals surface area contributed by atoms with Gasteiger partial charge in [-0.2, -0.15) is 0 Å². The lowest BCUT2D eigenvalue weighted by Crippen LogP contribution is -2.05. The summed E-state index contributed by atoms with van der Waals surface area (Å²) in [5.41, 5.74) is 0.671. The number of esters is 1. The van der Waals surface area contributed by atoms with E-state index in [1.165, 1.54) is 0 Å². The van der Waals surface area contributed by atoms with Crippen LogP contribution in [0.5, 0.6) is 0 Å². The van der Waals surface area contributed by atoms with Crippen molar-refractivity contribution in [1.29, 1.82) is 0 Å². The maximum Gasteiger partial charge on any atom is 0.339 e. The van der Waals surface area contributed by atoms with Crippen LogP contribution in [-0.4, -0.2) is 12.6 Å². The number of rotatable bonds is 5. The molecule has 2 rings (SSSR count). The monoisotopic (exact) mass is 246 g/mol. The molecule has 17 heavy (non-hydrogen) atoms. The zero-order chi connectivity index (χ0) is 12.1. The number of hydrogen-bond acceptors (Lipinski definition) is 3. The van der Waals surface area contributed by atoms with Gasteiger partial charge in [-0.3, -0.25) is 0 Å². The van der Waals surface area contributed by atoms with Gasteiger partial charge in [0.25, 0.3) is 0 Å². The quantitative estimate of drug-likeness (QED) is 0.452. The normalized spacial score (nSPS) is 10.4. The molecule has 0 bridgehead atoms. The third kappa shape index (κ3) is 2.74. The molecule has 2 aromatic rings. The first-order chi connectivity index (χ1) is 8.33. The summed E-state index contributed by atoms with van der Waals surface area (Å²) in [6.07, 6.45) is 3.53. The van der Waals surface area contributed by atoms with Gasteiger partial charge in [-0.25, -0.2) is 4.79 Å². The van der Waals surface area contributed by atoms with Gasteiger partial charge in [-0.15, -0.1) is 17.9 Å². The lowest BCUT2D eigenvalue weighted by molar-refractivity contribution is 0.0504. The van der Waals surface area contributed by atoms with Crippen LogP contribution in [0, 0.1) is 0 Å². The summed E-state index contributed by atoms with van der Waals surface area (Å²) in [6.45, 7) is 4.08. The Balaban J connectivity index is 2.06. The largest absolute Gasteiger partial charge is 0.462 e. The molecule has 0 unspecified atom stereocenters. The minimum Gasteiger partial charge on any atom is -0.462 e. The van der Waals surface area contributed by atoms with Crippen LogP contribution in [0.25, 0.3) is 10.1 Å². The van der Waals surface area contributed by atoms with Crippen LogP contribution < -0.4 is 0 Å². The van der Waals surface area contributed by atoms with E-state index >= 15 is 0 Å². The van der Waals surface area contributed by atoms with Gasteiger partial charge in [0.1, 0.15) is 0 Å². The predicted molar refractivity (Wildman–Crippen MR) is 71.5 cm³/mol. The molecular weight excluding hydrogens is 232 g/mol. The number of hydrogen-bond donors (Lipinski definition) is 0. The molecule has 0 N–H and O–H groups in total. The van der Waals surface area contributed by atoms with Crippen LogP contribution in [-0.2, 0) is 4.74 Å². The molecule has 2 nitrogen and oxygen atoms in total. The molecule has 1 aromatic carbocycles. The van der Waals surface area contributed by atoms with Crippen molar-refractivity contribution in [2.24, 2.45) is 0 Å². The number of unbranched alkanes of at least 4 members (excludes halogenated alkanes) is 1. The van der Waals surface area contributed by atoms with E-state index < -0.39 is 0 Å². The standard InChI is InChI=1S/C14H14O2S/c1-2-3-6-9-16-14(15)12-10-17-13-8-5-4-7-11(12)13/h2,4-5,7-8,10H,1,3,6,9H2. The summed E-state index contributed by atoms with van der Waals surface area (Å²) in [4.78, 5) is 11.8. The zero-order valence-corrected chi connectivity index (χ0v) is 10.3. The molecule has 0 spiro atoms. The van der Waals surface area contributed by atoms with Gasteiger partial charge < -0.3 is 4.74 Å². The van der Waals surface area contributed by atoms with Crippen molar-refractivity contribution in [2.75, 3.05) is 6.61 Å². The van der Waals surface area contributed by atoms with Crippen molar-refractivity contribution in [1.82, 2.24) is 0 Å². The molecule has 0 amide bonds. The number of benzene rings is 1. The molecular formula is C14H14O2S. The van der Waals surface area contributed by atoms with E-state index in [0.29, 0.717) is 12.2 Å². The molecule has 1 heterocycles. The van der Waals surface area contributed by atoms with E-state index in [0.717, 1.165) is 22.9 Å². The van der Waals surface area contributed by atoms with Crippen molar-refractivity contribution in [3.8, 4) is 0 Å². The molecule has 0 aliphatic heterocycles. The highest BCUT2D eigenvalue weighted by molar-refractivity contribution is 7.17. The number of ether oxygens (including phenoxy) is 1. The number of thiophene rings is 1. The van der Waals surface area contributed by atoms with Crippen molar-refractivity contribution in [2.45, 2.75) is 12.8 Å². The summed E-state index contributed by atoms with van der Waals surface area (Å²) in [6, 6.07) is 7.86. The Bertz CT molecular complexity index is 528. The molecule has 0 saturated carbocycles. The second kappa shape index (κ2) is 5.64. The van der Waals surface area contributed by atoms with E-state index in [-0.39, 0.29) is 5.97 Å². The first kappa shape index (κ1) is 11.9. The molecule has 0 aliphatic rings. The number of fused-ring (bicyclic) bond motifs is 1. The van der Waals surface area contributed by atoms with E-state index in [9.17, 15) is 4.79 Å². The molecule has 0 saturated heterocycles. The predicted octanol–water partition coefficient (Wildman–Crippen LogP) is 4.02. The second-order valence-corrected chi connectivity index (χ2v) is 4.62. The van der Waals surface area contributed by atoms with Gasteiger partial charge in [-0.1, -0.05) is 24.3 Å². The Morgan fingerprint density at radius 3 is 3.06 bits per heavy atom. The van der Waals surface area contributed by atoms with Crippen LogP contribution in [0.4, 0.5) is 0 Å². The van der Waals surface area contributed by atoms with Crippen molar-refractivity contribution in [3.05, 3.63) is 47.9 Å². The number of carbonyl (C=O) groups excluding carboxylic acids is 1. The van der Waals surface area contributed by atoms with E-state index in [2.05, 4.69) is 6.58 Å². The van der Waals surface area contributed by atoms with Gasteiger partial charge in [0.15, 0.2) is 0 Å². The maximum atomic E-state index is 11.8. The molecule has 88 valence electrons. The molecule has 0 radical (unpaired) electrons. The van der Waals surface area contributed by atoms with E-state index in [1.54, 1.807) is 11.3 Å². The minimum atomic E-state index is -0.230. The number of carbonyl (C=O) groups is 1. The molecule has 1 aromatic heterocycles. The third-order valence-electron chi connectivity index (χ3n) is 2.49. The average Bonchev–Trinajstić information content (AvgIpc) is 2.78.